The highest BCUT2D eigenvalue weighted by Crippen LogP contribution is 2.47. The Kier molecular flexibility index (Phi) is 21.9. The third-order valence-electron chi connectivity index (χ3n) is 13.9. The molecule has 17 nitrogen and oxygen atoms in total. The first-order chi connectivity index (χ1) is 38.0. The van der Waals surface area contributed by atoms with Gasteiger partial charge in [0.25, 0.3) is 21.9 Å². The molecule has 0 radical (unpaired) electrons. The summed E-state index contributed by atoms with van der Waals surface area (Å²) in [6.45, 7) is 17.4. The molecular weight excluding hydrogens is 1030 g/mol. The Balaban J connectivity index is 0.991. The zero-order valence-corrected chi connectivity index (χ0v) is 47.2. The molecule has 0 unspecified atom stereocenters. The van der Waals surface area contributed by atoms with Crippen LogP contribution in [0, 0.1) is 0 Å². The van der Waals surface area contributed by atoms with Crippen molar-refractivity contribution in [3.05, 3.63) is 138 Å². The van der Waals surface area contributed by atoms with E-state index in [2.05, 4.69) is 60.6 Å². The topological polar surface area (TPSA) is 189 Å². The zero-order chi connectivity index (χ0) is 56.4. The lowest BCUT2D eigenvalue weighted by atomic mass is 9.81. The number of nitrogens with zero attached hydrogens (tertiary/aromatic N) is 3. The van der Waals surface area contributed by atoms with Gasteiger partial charge in [-0.25, -0.2) is 4.79 Å². The van der Waals surface area contributed by atoms with Gasteiger partial charge in [-0.2, -0.15) is 13.0 Å². The number of imide groups is 1. The van der Waals surface area contributed by atoms with Crippen LogP contribution in [0.1, 0.15) is 95.4 Å². The molecule has 7 rings (SSSR count). The third-order valence-corrected chi connectivity index (χ3v) is 14.8. The second-order valence-corrected chi connectivity index (χ2v) is 21.9. The van der Waals surface area contributed by atoms with Crippen LogP contribution in [0.2, 0.25) is 0 Å². The van der Waals surface area contributed by atoms with E-state index in [0.717, 1.165) is 56.4 Å². The number of fused-ring (bicyclic) bond motifs is 3. The summed E-state index contributed by atoms with van der Waals surface area (Å²) in [4.78, 5) is 43.4. The van der Waals surface area contributed by atoms with Crippen LogP contribution in [0.15, 0.2) is 120 Å². The fourth-order valence-electron chi connectivity index (χ4n) is 9.93. The minimum absolute atomic E-state index is 0.0319. The molecule has 1 fully saturated rings. The number of hydrogen-bond acceptors (Lipinski definition) is 14. The van der Waals surface area contributed by atoms with Crippen LogP contribution >= 0.6 is 0 Å². The molecule has 3 aromatic rings. The number of unbranched alkanes of at least 4 members (excludes halogenated alkanes) is 2. The summed E-state index contributed by atoms with van der Waals surface area (Å²) in [6.07, 6.45) is 20.2. The van der Waals surface area contributed by atoms with Crippen LogP contribution in [-0.4, -0.2) is 145 Å². The molecule has 2 amide bonds. The lowest BCUT2D eigenvalue weighted by molar-refractivity contribution is -0.438. The molecule has 0 bridgehead atoms. The largest absolute Gasteiger partial charge is 0.456 e. The van der Waals surface area contributed by atoms with Crippen molar-refractivity contribution in [1.82, 2.24) is 5.06 Å². The number of carbonyl (C=O) groups is 3. The van der Waals surface area contributed by atoms with Crippen molar-refractivity contribution >= 4 is 61.9 Å². The molecule has 1 saturated heterocycles. The lowest BCUT2D eigenvalue weighted by Gasteiger charge is -2.44. The molecule has 0 spiro atoms. The van der Waals surface area contributed by atoms with E-state index >= 15 is 0 Å². The van der Waals surface area contributed by atoms with Crippen LogP contribution in [0.3, 0.4) is 0 Å². The Bertz CT molecular complexity index is 2960. The summed E-state index contributed by atoms with van der Waals surface area (Å²) in [5.74, 6) is -0.179. The van der Waals surface area contributed by atoms with Crippen molar-refractivity contribution in [2.45, 2.75) is 89.0 Å². The Labute approximate surface area is 465 Å². The quantitative estimate of drug-likeness (QED) is 0.0211. The summed E-state index contributed by atoms with van der Waals surface area (Å²) >= 11 is 0. The Morgan fingerprint density at radius 1 is 0.747 bits per heavy atom. The van der Waals surface area contributed by atoms with E-state index in [0.29, 0.717) is 110 Å². The van der Waals surface area contributed by atoms with Gasteiger partial charge in [-0.1, -0.05) is 72.9 Å². The van der Waals surface area contributed by atoms with Crippen LogP contribution in [0.5, 0.6) is 5.75 Å². The molecule has 4 heterocycles. The monoisotopic (exact) mass is 1110 g/mol. The van der Waals surface area contributed by atoms with E-state index in [4.69, 9.17) is 38.0 Å². The Hall–Kier alpha value is -6.35. The minimum atomic E-state index is -4.44. The van der Waals surface area contributed by atoms with Crippen LogP contribution < -0.4 is 9.64 Å². The summed E-state index contributed by atoms with van der Waals surface area (Å²) in [6, 6.07) is 19.1. The molecule has 0 aliphatic carbocycles. The van der Waals surface area contributed by atoms with Crippen molar-refractivity contribution in [2.75, 3.05) is 97.8 Å². The van der Waals surface area contributed by atoms with E-state index in [9.17, 15) is 27.4 Å². The molecule has 79 heavy (non-hydrogen) atoms. The number of ether oxygens (including phenoxy) is 7. The SMILES string of the molecule is COCCOCCOCCOCCOCCOCCN1c2cc3c(cc2C(C)=CC1(C)C)/C(=C/C=C/C=C/C=C/C1=[N+](CCCCCC(=O)ON2C(=O)CCC2=O)c2ccc(S(=O)(=O)O)cc2C1(C)C)C=C(c1ccccc1)O3. The van der Waals surface area contributed by atoms with E-state index in [1.165, 1.54) is 17.7 Å². The van der Waals surface area contributed by atoms with Gasteiger partial charge in [-0.05, 0) is 82.9 Å². The van der Waals surface area contributed by atoms with Crippen LogP contribution in [-0.2, 0) is 63.2 Å². The highest BCUT2D eigenvalue weighted by atomic mass is 32.2. The van der Waals surface area contributed by atoms with Gasteiger partial charge < -0.3 is 42.9 Å². The van der Waals surface area contributed by atoms with E-state index in [1.54, 1.807) is 13.2 Å². The van der Waals surface area contributed by atoms with Crippen LogP contribution in [0.25, 0.3) is 16.9 Å². The molecule has 424 valence electrons. The average Bonchev–Trinajstić information content (AvgIpc) is 4.08. The maximum atomic E-state index is 12.4. The smallest absolute Gasteiger partial charge is 0.333 e. The molecule has 18 heteroatoms. The van der Waals surface area contributed by atoms with Gasteiger partial charge in [0.1, 0.15) is 18.1 Å². The number of hydroxylamine groups is 2. The van der Waals surface area contributed by atoms with Crippen LogP contribution in [0.4, 0.5) is 11.4 Å². The first kappa shape index (κ1) is 60.3. The van der Waals surface area contributed by atoms with Crippen molar-refractivity contribution in [1.29, 1.82) is 0 Å². The molecule has 1 N–H and O–H groups in total. The predicted molar refractivity (Wildman–Crippen MR) is 303 cm³/mol. The normalized spacial score (nSPS) is 17.3. The first-order valence-corrected chi connectivity index (χ1v) is 28.5. The summed E-state index contributed by atoms with van der Waals surface area (Å²) in [5.41, 5.74) is 7.86. The Morgan fingerprint density at radius 2 is 1.37 bits per heavy atom. The van der Waals surface area contributed by atoms with Gasteiger partial charge in [0.2, 0.25) is 5.69 Å². The second kappa shape index (κ2) is 28.7. The maximum Gasteiger partial charge on any atom is 0.333 e. The zero-order valence-electron chi connectivity index (χ0n) is 46.4. The standard InChI is InChI=1S/C61H75N3O14S/c1-45-44-60(2,3)63(28-29-72-32-33-74-36-37-76-39-38-75-35-34-73-31-30-71-6)53-43-55-50(42-49(45)53)47(40-54(77-55)46-18-13-10-14-19-46)20-12-8-7-9-15-21-56-61(4,5)51-41-48(79(68,69)70)23-24-52(51)62(56)27-17-11-16-22-59(67)78-64-57(65)25-26-58(64)66/h7-10,12-15,18-21,23-24,40-44H,11,16-17,22,25-39H2,1-6H3/p+1. The fraction of sp³-hybridized carbons (Fsp3) is 0.443. The number of amides is 2. The van der Waals surface area contributed by atoms with Gasteiger partial charge in [0.15, 0.2) is 5.71 Å². The highest BCUT2D eigenvalue weighted by molar-refractivity contribution is 7.85. The maximum absolute atomic E-state index is 12.4. The Morgan fingerprint density at radius 3 is 2.01 bits per heavy atom. The average molecular weight is 1110 g/mol. The number of rotatable bonds is 31. The van der Waals surface area contributed by atoms with Gasteiger partial charge in [-0.15, -0.1) is 5.06 Å². The number of methoxy groups -OCH3 is 1. The van der Waals surface area contributed by atoms with E-state index in [1.807, 2.05) is 80.6 Å². The third kappa shape index (κ3) is 16.4. The van der Waals surface area contributed by atoms with Crippen molar-refractivity contribution < 1.29 is 69.9 Å². The van der Waals surface area contributed by atoms with Gasteiger partial charge in [0, 0.05) is 85.5 Å². The minimum Gasteiger partial charge on any atom is -0.456 e. The summed E-state index contributed by atoms with van der Waals surface area (Å²) in [7, 11) is -2.80. The number of hydrogen-bond donors (Lipinski definition) is 1. The van der Waals surface area contributed by atoms with Gasteiger partial charge in [0.05, 0.1) is 88.5 Å². The lowest BCUT2D eigenvalue weighted by Crippen LogP contribution is -2.46. The molecule has 0 saturated carbocycles. The number of carbonyl (C=O) groups excluding carboxylic acids is 3. The molecule has 4 aliphatic heterocycles. The predicted octanol–water partition coefficient (Wildman–Crippen LogP) is 9.39. The highest BCUT2D eigenvalue weighted by Gasteiger charge is 2.45. The number of anilines is 1. The summed E-state index contributed by atoms with van der Waals surface area (Å²) < 4.78 is 76.5. The van der Waals surface area contributed by atoms with Crippen molar-refractivity contribution in [2.24, 2.45) is 0 Å². The van der Waals surface area contributed by atoms with Crippen molar-refractivity contribution in [3.63, 3.8) is 0 Å². The fourth-order valence-corrected chi connectivity index (χ4v) is 10.4. The van der Waals surface area contributed by atoms with Crippen molar-refractivity contribution in [3.8, 4) is 5.75 Å². The van der Waals surface area contributed by atoms with E-state index in [-0.39, 0.29) is 29.7 Å². The molecule has 0 atom stereocenters. The van der Waals surface area contributed by atoms with Gasteiger partial charge >= 0.3 is 5.97 Å². The second-order valence-electron chi connectivity index (χ2n) is 20.5. The molecular formula is C61H76N3O14S+. The number of allylic oxidation sites excluding steroid dienone is 10. The molecule has 3 aromatic carbocycles. The van der Waals surface area contributed by atoms with E-state index < -0.39 is 33.3 Å². The summed E-state index contributed by atoms with van der Waals surface area (Å²) in [5, 5.41) is 0.562. The van der Waals surface area contributed by atoms with Gasteiger partial charge in [-0.3, -0.25) is 14.1 Å². The molecule has 0 aromatic heterocycles. The molecule has 4 aliphatic rings. The first-order valence-electron chi connectivity index (χ1n) is 27.0. The number of benzene rings is 3.